The van der Waals surface area contributed by atoms with Crippen molar-refractivity contribution in [3.05, 3.63) is 36.0 Å². The Balaban J connectivity index is 2.07. The second-order valence-electron chi connectivity index (χ2n) is 5.67. The predicted molar refractivity (Wildman–Crippen MR) is 82.7 cm³/mol. The van der Waals surface area contributed by atoms with E-state index >= 15 is 0 Å². The highest BCUT2D eigenvalue weighted by Crippen LogP contribution is 2.19. The first kappa shape index (κ1) is 14.6. The SMILES string of the molecule is CC(C)C(N)CCN(C)C(=O)c1c[nH]c2ccccc12. The first-order chi connectivity index (χ1) is 9.50. The van der Waals surface area contributed by atoms with E-state index in [0.29, 0.717) is 12.5 Å². The van der Waals surface area contributed by atoms with Gasteiger partial charge in [-0.3, -0.25) is 4.79 Å². The maximum atomic E-state index is 12.5. The number of nitrogens with two attached hydrogens (primary N) is 1. The lowest BCUT2D eigenvalue weighted by molar-refractivity contribution is 0.0791. The number of carbonyl (C=O) groups excluding carboxylic acids is 1. The van der Waals surface area contributed by atoms with Gasteiger partial charge in [0.25, 0.3) is 5.91 Å². The van der Waals surface area contributed by atoms with Gasteiger partial charge in [-0.05, 0) is 18.4 Å². The van der Waals surface area contributed by atoms with Crippen molar-refractivity contribution in [1.29, 1.82) is 0 Å². The molecule has 4 nitrogen and oxygen atoms in total. The predicted octanol–water partition coefficient (Wildman–Crippen LogP) is 2.61. The van der Waals surface area contributed by atoms with E-state index in [1.807, 2.05) is 31.3 Å². The fourth-order valence-corrected chi connectivity index (χ4v) is 2.23. The van der Waals surface area contributed by atoms with Crippen molar-refractivity contribution >= 4 is 16.8 Å². The van der Waals surface area contributed by atoms with Gasteiger partial charge >= 0.3 is 0 Å². The molecule has 0 spiro atoms. The summed E-state index contributed by atoms with van der Waals surface area (Å²) in [6, 6.07) is 7.97. The molecule has 0 fully saturated rings. The van der Waals surface area contributed by atoms with E-state index in [-0.39, 0.29) is 11.9 Å². The minimum absolute atomic E-state index is 0.0402. The Morgan fingerprint density at radius 2 is 2.05 bits per heavy atom. The summed E-state index contributed by atoms with van der Waals surface area (Å²) < 4.78 is 0. The molecule has 2 rings (SSSR count). The molecule has 1 aromatic carbocycles. The van der Waals surface area contributed by atoms with Gasteiger partial charge in [0, 0.05) is 36.7 Å². The van der Waals surface area contributed by atoms with Gasteiger partial charge in [0.15, 0.2) is 0 Å². The first-order valence-corrected chi connectivity index (χ1v) is 7.08. The summed E-state index contributed by atoms with van der Waals surface area (Å²) in [4.78, 5) is 17.3. The van der Waals surface area contributed by atoms with Gasteiger partial charge in [-0.15, -0.1) is 0 Å². The molecule has 20 heavy (non-hydrogen) atoms. The summed E-state index contributed by atoms with van der Waals surface area (Å²) in [6.45, 7) is 4.88. The van der Waals surface area contributed by atoms with Crippen LogP contribution < -0.4 is 5.73 Å². The zero-order valence-corrected chi connectivity index (χ0v) is 12.4. The second-order valence-corrected chi connectivity index (χ2v) is 5.67. The Hall–Kier alpha value is -1.81. The number of hydrogen-bond acceptors (Lipinski definition) is 2. The molecule has 0 aliphatic heterocycles. The Morgan fingerprint density at radius 1 is 1.35 bits per heavy atom. The minimum atomic E-state index is 0.0402. The average Bonchev–Trinajstić information content (AvgIpc) is 2.87. The fraction of sp³-hybridized carbons (Fsp3) is 0.438. The summed E-state index contributed by atoms with van der Waals surface area (Å²) in [5.74, 6) is 0.477. The number of aromatic nitrogens is 1. The Morgan fingerprint density at radius 3 is 2.75 bits per heavy atom. The molecule has 0 aliphatic carbocycles. The van der Waals surface area contributed by atoms with Gasteiger partial charge in [-0.1, -0.05) is 32.0 Å². The van der Waals surface area contributed by atoms with Gasteiger partial charge < -0.3 is 15.6 Å². The number of rotatable bonds is 5. The molecule has 0 radical (unpaired) electrons. The number of carbonyl (C=O) groups is 1. The largest absolute Gasteiger partial charge is 0.360 e. The van der Waals surface area contributed by atoms with Crippen LogP contribution in [0.3, 0.4) is 0 Å². The highest BCUT2D eigenvalue weighted by atomic mass is 16.2. The lowest BCUT2D eigenvalue weighted by atomic mass is 10.0. The van der Waals surface area contributed by atoms with Crippen LogP contribution >= 0.6 is 0 Å². The zero-order chi connectivity index (χ0) is 14.7. The molecule has 0 aliphatic rings. The van der Waals surface area contributed by atoms with Crippen LogP contribution in [0, 0.1) is 5.92 Å². The van der Waals surface area contributed by atoms with Crippen LogP contribution in [0.5, 0.6) is 0 Å². The number of benzene rings is 1. The molecule has 1 unspecified atom stereocenters. The first-order valence-electron chi connectivity index (χ1n) is 7.08. The van der Waals surface area contributed by atoms with Crippen molar-refractivity contribution in [2.45, 2.75) is 26.3 Å². The maximum absolute atomic E-state index is 12.5. The quantitative estimate of drug-likeness (QED) is 0.879. The standard InChI is InChI=1S/C16H23N3O/c1-11(2)14(17)8-9-19(3)16(20)13-10-18-15-7-5-4-6-12(13)15/h4-7,10-11,14,18H,8-9,17H2,1-3H3. The van der Waals surface area contributed by atoms with Crippen LogP contribution in [-0.2, 0) is 0 Å². The third-order valence-corrected chi connectivity index (χ3v) is 3.82. The van der Waals surface area contributed by atoms with Crippen LogP contribution in [0.25, 0.3) is 10.9 Å². The molecule has 3 N–H and O–H groups in total. The van der Waals surface area contributed by atoms with Crippen LogP contribution in [0.2, 0.25) is 0 Å². The molecule has 1 aromatic heterocycles. The van der Waals surface area contributed by atoms with Gasteiger partial charge in [0.05, 0.1) is 5.56 Å². The van der Waals surface area contributed by atoms with Gasteiger partial charge in [-0.2, -0.15) is 0 Å². The summed E-state index contributed by atoms with van der Waals surface area (Å²) in [6.07, 6.45) is 2.61. The highest BCUT2D eigenvalue weighted by molar-refractivity contribution is 6.06. The maximum Gasteiger partial charge on any atom is 0.255 e. The van der Waals surface area contributed by atoms with Crippen molar-refractivity contribution in [3.63, 3.8) is 0 Å². The smallest absolute Gasteiger partial charge is 0.255 e. The van der Waals surface area contributed by atoms with E-state index in [9.17, 15) is 4.79 Å². The molecule has 1 heterocycles. The van der Waals surface area contributed by atoms with Crippen LogP contribution in [0.4, 0.5) is 0 Å². The third kappa shape index (κ3) is 3.02. The summed E-state index contributed by atoms with van der Waals surface area (Å²) >= 11 is 0. The van der Waals surface area contributed by atoms with Crippen LogP contribution in [0.1, 0.15) is 30.6 Å². The van der Waals surface area contributed by atoms with Gasteiger partial charge in [-0.25, -0.2) is 0 Å². The lowest BCUT2D eigenvalue weighted by Crippen LogP contribution is -2.34. The number of para-hydroxylation sites is 1. The Kier molecular flexibility index (Phi) is 4.45. The normalized spacial score (nSPS) is 12.8. The van der Waals surface area contributed by atoms with E-state index in [0.717, 1.165) is 22.9 Å². The highest BCUT2D eigenvalue weighted by Gasteiger charge is 2.17. The molecular weight excluding hydrogens is 250 g/mol. The molecule has 0 saturated heterocycles. The molecule has 1 atom stereocenters. The zero-order valence-electron chi connectivity index (χ0n) is 12.4. The summed E-state index contributed by atoms with van der Waals surface area (Å²) in [5, 5.41) is 0.970. The van der Waals surface area contributed by atoms with E-state index in [4.69, 9.17) is 5.73 Å². The third-order valence-electron chi connectivity index (χ3n) is 3.82. The van der Waals surface area contributed by atoms with Crippen molar-refractivity contribution in [2.24, 2.45) is 11.7 Å². The second kappa shape index (κ2) is 6.09. The van der Waals surface area contributed by atoms with E-state index in [2.05, 4.69) is 18.8 Å². The van der Waals surface area contributed by atoms with Crippen LogP contribution in [-0.4, -0.2) is 35.4 Å². The monoisotopic (exact) mass is 273 g/mol. The molecule has 1 amide bonds. The number of H-pyrrole nitrogens is 1. The van der Waals surface area contributed by atoms with Gasteiger partial charge in [0.2, 0.25) is 0 Å². The summed E-state index contributed by atoms with van der Waals surface area (Å²) in [7, 11) is 1.83. The van der Waals surface area contributed by atoms with Crippen molar-refractivity contribution < 1.29 is 4.79 Å². The lowest BCUT2D eigenvalue weighted by Gasteiger charge is -2.21. The van der Waals surface area contributed by atoms with Crippen LogP contribution in [0.15, 0.2) is 30.5 Å². The Labute approximate surface area is 120 Å². The van der Waals surface area contributed by atoms with E-state index < -0.39 is 0 Å². The fourth-order valence-electron chi connectivity index (χ4n) is 2.23. The average molecular weight is 273 g/mol. The molecular formula is C16H23N3O. The number of amides is 1. The van der Waals surface area contributed by atoms with Crippen molar-refractivity contribution in [1.82, 2.24) is 9.88 Å². The molecule has 0 bridgehead atoms. The number of nitrogens with zero attached hydrogens (tertiary/aromatic N) is 1. The molecule has 108 valence electrons. The number of nitrogens with one attached hydrogen (secondary N) is 1. The Bertz CT molecular complexity index is 588. The van der Waals surface area contributed by atoms with Gasteiger partial charge in [0.1, 0.15) is 0 Å². The van der Waals surface area contributed by atoms with E-state index in [1.165, 1.54) is 0 Å². The molecule has 4 heteroatoms. The molecule has 0 saturated carbocycles. The number of fused-ring (bicyclic) bond motifs is 1. The van der Waals surface area contributed by atoms with Crippen molar-refractivity contribution in [3.8, 4) is 0 Å². The molecule has 2 aromatic rings. The minimum Gasteiger partial charge on any atom is -0.360 e. The van der Waals surface area contributed by atoms with E-state index in [1.54, 1.807) is 11.1 Å². The number of hydrogen-bond donors (Lipinski definition) is 2. The summed E-state index contributed by atoms with van der Waals surface area (Å²) in [5.41, 5.74) is 7.74. The number of aromatic amines is 1. The topological polar surface area (TPSA) is 62.1 Å². The van der Waals surface area contributed by atoms with Crippen molar-refractivity contribution in [2.75, 3.05) is 13.6 Å².